The Balaban J connectivity index is 1.14. The predicted octanol–water partition coefficient (Wildman–Crippen LogP) is 4.26. The summed E-state index contributed by atoms with van der Waals surface area (Å²) in [4.78, 5) is 23.3. The van der Waals surface area contributed by atoms with Crippen LogP contribution in [0.1, 0.15) is 37.3 Å². The first-order chi connectivity index (χ1) is 19.6. The molecular formula is C30H36N10. The Kier molecular flexibility index (Phi) is 8.87. The number of allylic oxidation sites excluding steroid dienone is 1. The number of nitrogens with one attached hydrogen (secondary N) is 1. The van der Waals surface area contributed by atoms with Gasteiger partial charge in [-0.2, -0.15) is 5.10 Å². The smallest absolute Gasteiger partial charge is 0.154 e. The van der Waals surface area contributed by atoms with E-state index in [-0.39, 0.29) is 0 Å². The maximum absolute atomic E-state index is 5.97. The molecule has 206 valence electrons. The third kappa shape index (κ3) is 6.95. The van der Waals surface area contributed by atoms with Gasteiger partial charge in [0.15, 0.2) is 5.82 Å². The van der Waals surface area contributed by atoms with E-state index in [1.807, 2.05) is 48.8 Å². The molecule has 0 unspecified atom stereocenters. The van der Waals surface area contributed by atoms with Crippen molar-refractivity contribution in [1.82, 2.24) is 30.0 Å². The van der Waals surface area contributed by atoms with Crippen molar-refractivity contribution >= 4 is 40.3 Å². The summed E-state index contributed by atoms with van der Waals surface area (Å²) < 4.78 is 0. The third-order valence-electron chi connectivity index (χ3n) is 6.99. The minimum atomic E-state index is 0.365. The molecule has 1 aliphatic heterocycles. The van der Waals surface area contributed by atoms with Crippen LogP contribution in [0.4, 0.5) is 17.5 Å². The largest absolute Gasteiger partial charge is 0.404 e. The number of pyridine rings is 3. The molecule has 4 aromatic heterocycles. The molecule has 0 saturated carbocycles. The lowest BCUT2D eigenvalue weighted by atomic mass is 10.1. The number of aliphatic imine (C=N–C) groups is 1. The molecule has 0 amide bonds. The summed E-state index contributed by atoms with van der Waals surface area (Å²) in [6.07, 6.45) is 9.83. The summed E-state index contributed by atoms with van der Waals surface area (Å²) >= 11 is 0. The highest BCUT2D eigenvalue weighted by molar-refractivity contribution is 6.10. The third-order valence-corrected chi connectivity index (χ3v) is 6.99. The molecule has 1 aliphatic rings. The van der Waals surface area contributed by atoms with Gasteiger partial charge in [0, 0.05) is 75.2 Å². The van der Waals surface area contributed by atoms with E-state index in [1.54, 1.807) is 18.6 Å². The van der Waals surface area contributed by atoms with Gasteiger partial charge in [-0.15, -0.1) is 5.10 Å². The Hall–Kier alpha value is -4.44. The van der Waals surface area contributed by atoms with Gasteiger partial charge in [-0.3, -0.25) is 14.9 Å². The SMILES string of the molecule is CC(C)c1cnnc(Nc2ccc3ncc(C(C=NCCCN4CCN(c5ccccn5)CC4)=CN)cc3n2)c1. The molecule has 5 heterocycles. The van der Waals surface area contributed by atoms with Crippen molar-refractivity contribution in [2.24, 2.45) is 10.7 Å². The van der Waals surface area contributed by atoms with Crippen LogP contribution in [-0.4, -0.2) is 75.5 Å². The molecule has 1 saturated heterocycles. The zero-order valence-corrected chi connectivity index (χ0v) is 23.1. The average molecular weight is 537 g/mol. The number of anilines is 3. The van der Waals surface area contributed by atoms with Gasteiger partial charge in [0.2, 0.25) is 0 Å². The fourth-order valence-corrected chi connectivity index (χ4v) is 4.63. The predicted molar refractivity (Wildman–Crippen MR) is 162 cm³/mol. The average Bonchev–Trinajstić information content (AvgIpc) is 2.99. The number of rotatable bonds is 10. The van der Waals surface area contributed by atoms with Crippen molar-refractivity contribution in [3.8, 4) is 0 Å². The molecule has 40 heavy (non-hydrogen) atoms. The van der Waals surface area contributed by atoms with E-state index in [9.17, 15) is 0 Å². The molecule has 10 heteroatoms. The Morgan fingerprint density at radius 1 is 1.02 bits per heavy atom. The van der Waals surface area contributed by atoms with Crippen molar-refractivity contribution in [1.29, 1.82) is 0 Å². The number of aromatic nitrogens is 5. The second-order valence-electron chi connectivity index (χ2n) is 10.1. The maximum atomic E-state index is 5.97. The molecule has 3 N–H and O–H groups in total. The van der Waals surface area contributed by atoms with Crippen LogP contribution in [0.15, 0.2) is 72.2 Å². The first kappa shape index (κ1) is 27.1. The van der Waals surface area contributed by atoms with Crippen LogP contribution < -0.4 is 16.0 Å². The molecule has 4 aromatic rings. The Bertz CT molecular complexity index is 1460. The number of nitrogens with two attached hydrogens (primary N) is 1. The normalized spacial score (nSPS) is 14.9. The van der Waals surface area contributed by atoms with E-state index in [0.717, 1.165) is 79.2 Å². The van der Waals surface area contributed by atoms with Crippen LogP contribution >= 0.6 is 0 Å². The van der Waals surface area contributed by atoms with Crippen molar-refractivity contribution in [3.63, 3.8) is 0 Å². The summed E-state index contributed by atoms with van der Waals surface area (Å²) in [6.45, 7) is 10.1. The van der Waals surface area contributed by atoms with Gasteiger partial charge < -0.3 is 16.0 Å². The standard InChI is InChI=1S/C30H36N10/c1-22(2)23-17-29(38-35-21-23)37-28-8-7-26-27(36-28)16-24(20-34-26)25(18-31)19-32-9-5-11-39-12-14-40(15-13-39)30-6-3-4-10-33-30/h3-4,6-8,10,16-22H,5,9,11-15,31H2,1-2H3,(H,36,37,38). The minimum Gasteiger partial charge on any atom is -0.404 e. The zero-order valence-electron chi connectivity index (χ0n) is 23.1. The highest BCUT2D eigenvalue weighted by Crippen LogP contribution is 2.22. The second-order valence-corrected chi connectivity index (χ2v) is 10.1. The molecule has 0 aliphatic carbocycles. The van der Waals surface area contributed by atoms with Crippen LogP contribution in [0.2, 0.25) is 0 Å². The van der Waals surface area contributed by atoms with Crippen LogP contribution in [0.25, 0.3) is 16.6 Å². The van der Waals surface area contributed by atoms with E-state index >= 15 is 0 Å². The van der Waals surface area contributed by atoms with E-state index in [4.69, 9.17) is 10.7 Å². The monoisotopic (exact) mass is 536 g/mol. The van der Waals surface area contributed by atoms with Gasteiger partial charge in [0.05, 0.1) is 17.2 Å². The number of nitrogens with zero attached hydrogens (tertiary/aromatic N) is 8. The van der Waals surface area contributed by atoms with E-state index in [2.05, 4.69) is 60.2 Å². The van der Waals surface area contributed by atoms with Crippen LogP contribution in [0, 0.1) is 0 Å². The summed E-state index contributed by atoms with van der Waals surface area (Å²) in [5.41, 5.74) is 10.3. The summed E-state index contributed by atoms with van der Waals surface area (Å²) in [6, 6.07) is 13.9. The maximum Gasteiger partial charge on any atom is 0.154 e. The molecule has 1 fully saturated rings. The van der Waals surface area contributed by atoms with Crippen molar-refractivity contribution in [2.45, 2.75) is 26.2 Å². The number of fused-ring (bicyclic) bond motifs is 1. The van der Waals surface area contributed by atoms with Gasteiger partial charge in [0.1, 0.15) is 11.6 Å². The Morgan fingerprint density at radius 2 is 1.90 bits per heavy atom. The fourth-order valence-electron chi connectivity index (χ4n) is 4.63. The lowest BCUT2D eigenvalue weighted by Crippen LogP contribution is -2.47. The van der Waals surface area contributed by atoms with E-state index in [0.29, 0.717) is 17.6 Å². The first-order valence-corrected chi connectivity index (χ1v) is 13.8. The van der Waals surface area contributed by atoms with Gasteiger partial charge in [-0.1, -0.05) is 19.9 Å². The molecule has 0 atom stereocenters. The van der Waals surface area contributed by atoms with Crippen LogP contribution in [0.3, 0.4) is 0 Å². The summed E-state index contributed by atoms with van der Waals surface area (Å²) in [5.74, 6) is 2.76. The molecule has 0 spiro atoms. The minimum absolute atomic E-state index is 0.365. The number of hydrogen-bond acceptors (Lipinski definition) is 10. The van der Waals surface area contributed by atoms with Crippen molar-refractivity contribution < 1.29 is 0 Å². The molecule has 0 aromatic carbocycles. The highest BCUT2D eigenvalue weighted by Gasteiger charge is 2.17. The zero-order chi connectivity index (χ0) is 27.7. The van der Waals surface area contributed by atoms with E-state index in [1.165, 1.54) is 0 Å². The van der Waals surface area contributed by atoms with Crippen LogP contribution in [0.5, 0.6) is 0 Å². The summed E-state index contributed by atoms with van der Waals surface area (Å²) in [5, 5.41) is 11.5. The first-order valence-electron chi connectivity index (χ1n) is 13.8. The quantitative estimate of drug-likeness (QED) is 0.226. The molecule has 10 nitrogen and oxygen atoms in total. The molecular weight excluding hydrogens is 500 g/mol. The fraction of sp³-hybridized carbons (Fsp3) is 0.333. The Labute approximate surface area is 235 Å². The highest BCUT2D eigenvalue weighted by atomic mass is 15.3. The second kappa shape index (κ2) is 13.1. The van der Waals surface area contributed by atoms with Gasteiger partial charge in [-0.25, -0.2) is 9.97 Å². The van der Waals surface area contributed by atoms with Gasteiger partial charge >= 0.3 is 0 Å². The molecule has 0 radical (unpaired) electrons. The van der Waals surface area contributed by atoms with Crippen molar-refractivity contribution in [3.05, 3.63) is 78.4 Å². The van der Waals surface area contributed by atoms with Crippen molar-refractivity contribution in [2.75, 3.05) is 49.5 Å². The van der Waals surface area contributed by atoms with Gasteiger partial charge in [0.25, 0.3) is 0 Å². The summed E-state index contributed by atoms with van der Waals surface area (Å²) in [7, 11) is 0. The Morgan fingerprint density at radius 3 is 2.67 bits per heavy atom. The number of piperazine rings is 1. The number of hydrogen-bond donors (Lipinski definition) is 2. The molecule has 0 bridgehead atoms. The van der Waals surface area contributed by atoms with E-state index < -0.39 is 0 Å². The lowest BCUT2D eigenvalue weighted by molar-refractivity contribution is 0.256. The van der Waals surface area contributed by atoms with Gasteiger partial charge in [-0.05, 0) is 54.3 Å². The lowest BCUT2D eigenvalue weighted by Gasteiger charge is -2.35. The van der Waals surface area contributed by atoms with Crippen LogP contribution in [-0.2, 0) is 0 Å². The molecule has 5 rings (SSSR count). The topological polar surface area (TPSA) is 121 Å².